The van der Waals surface area contributed by atoms with Crippen LogP contribution in [0.3, 0.4) is 0 Å². The summed E-state index contributed by atoms with van der Waals surface area (Å²) in [4.78, 5) is 10.8. The molecule has 0 radical (unpaired) electrons. The van der Waals surface area contributed by atoms with Gasteiger partial charge in [0.05, 0.1) is 6.61 Å². The summed E-state index contributed by atoms with van der Waals surface area (Å²) in [6.45, 7) is 2.12. The number of hydrogen-bond donors (Lipinski definition) is 0. The van der Waals surface area contributed by atoms with Gasteiger partial charge in [-0.15, -0.1) is 0 Å². The monoisotopic (exact) mass is 174 g/mol. The normalized spacial score (nSPS) is 18.5. The van der Waals surface area contributed by atoms with Crippen molar-refractivity contribution in [1.29, 1.82) is 0 Å². The first-order valence-corrected chi connectivity index (χ1v) is 4.08. The highest BCUT2D eigenvalue weighted by atomic mass is 16.8. The Morgan fingerprint density at radius 2 is 2.25 bits per heavy atom. The fourth-order valence-corrected chi connectivity index (χ4v) is 0.688. The number of rotatable bonds is 4. The third kappa shape index (κ3) is 3.57. The van der Waals surface area contributed by atoms with Crippen molar-refractivity contribution in [2.24, 2.45) is 5.92 Å². The summed E-state index contributed by atoms with van der Waals surface area (Å²) < 4.78 is 14.2. The molecule has 0 N–H and O–H groups in total. The molecule has 0 spiro atoms. The number of carbonyl (C=O) groups is 1. The van der Waals surface area contributed by atoms with Crippen molar-refractivity contribution in [3.8, 4) is 0 Å². The van der Waals surface area contributed by atoms with Crippen LogP contribution in [0.5, 0.6) is 0 Å². The zero-order valence-corrected chi connectivity index (χ0v) is 7.41. The molecule has 12 heavy (non-hydrogen) atoms. The van der Waals surface area contributed by atoms with E-state index in [1.807, 2.05) is 0 Å². The van der Waals surface area contributed by atoms with Gasteiger partial charge in [-0.05, 0) is 25.7 Å². The lowest BCUT2D eigenvalue weighted by molar-refractivity contribution is -0.0921. The molecule has 0 heterocycles. The Morgan fingerprint density at radius 1 is 1.58 bits per heavy atom. The van der Waals surface area contributed by atoms with Crippen LogP contribution in [0.2, 0.25) is 0 Å². The minimum absolute atomic E-state index is 0.481. The highest BCUT2D eigenvalue weighted by Crippen LogP contribution is 2.28. The van der Waals surface area contributed by atoms with Gasteiger partial charge in [0, 0.05) is 7.11 Å². The molecule has 1 saturated carbocycles. The van der Waals surface area contributed by atoms with E-state index in [4.69, 9.17) is 14.2 Å². The van der Waals surface area contributed by atoms with Crippen molar-refractivity contribution in [3.05, 3.63) is 0 Å². The summed E-state index contributed by atoms with van der Waals surface area (Å²) in [6, 6.07) is 0. The summed E-state index contributed by atoms with van der Waals surface area (Å²) in [5.41, 5.74) is 0. The molecule has 4 nitrogen and oxygen atoms in total. The first-order valence-electron chi connectivity index (χ1n) is 4.08. The van der Waals surface area contributed by atoms with Crippen molar-refractivity contribution in [2.75, 3.05) is 13.7 Å². The summed E-state index contributed by atoms with van der Waals surface area (Å²) in [5.74, 6) is 0.565. The SMILES string of the molecule is COC(C)OC(=O)OCC1CC1. The topological polar surface area (TPSA) is 44.8 Å². The Labute approximate surface area is 71.8 Å². The van der Waals surface area contributed by atoms with Crippen LogP contribution in [-0.4, -0.2) is 26.2 Å². The lowest BCUT2D eigenvalue weighted by atomic mass is 10.5. The van der Waals surface area contributed by atoms with E-state index in [0.717, 1.165) is 12.8 Å². The van der Waals surface area contributed by atoms with Crippen LogP contribution in [-0.2, 0) is 14.2 Å². The second-order valence-electron chi connectivity index (χ2n) is 2.93. The highest BCUT2D eigenvalue weighted by Gasteiger charge is 2.23. The molecule has 0 amide bonds. The Balaban J connectivity index is 2.01. The van der Waals surface area contributed by atoms with Gasteiger partial charge in [-0.3, -0.25) is 0 Å². The van der Waals surface area contributed by atoms with E-state index in [1.54, 1.807) is 6.92 Å². The molecule has 1 aliphatic rings. The van der Waals surface area contributed by atoms with E-state index in [-0.39, 0.29) is 0 Å². The molecular formula is C8H14O4. The van der Waals surface area contributed by atoms with Gasteiger partial charge < -0.3 is 14.2 Å². The smallest absolute Gasteiger partial charge is 0.434 e. The first-order chi connectivity index (χ1) is 5.72. The molecule has 0 aliphatic heterocycles. The third-order valence-electron chi connectivity index (χ3n) is 1.73. The van der Waals surface area contributed by atoms with Crippen LogP contribution >= 0.6 is 0 Å². The van der Waals surface area contributed by atoms with Crippen LogP contribution in [0.25, 0.3) is 0 Å². The Morgan fingerprint density at radius 3 is 2.75 bits per heavy atom. The fraction of sp³-hybridized carbons (Fsp3) is 0.875. The first kappa shape index (κ1) is 9.32. The van der Waals surface area contributed by atoms with Crippen LogP contribution in [0, 0.1) is 5.92 Å². The Kier molecular flexibility index (Phi) is 3.34. The average molecular weight is 174 g/mol. The van der Waals surface area contributed by atoms with Gasteiger partial charge in [0.2, 0.25) is 6.29 Å². The molecule has 1 unspecified atom stereocenters. The third-order valence-corrected chi connectivity index (χ3v) is 1.73. The van der Waals surface area contributed by atoms with Crippen molar-refractivity contribution in [3.63, 3.8) is 0 Å². The molecule has 1 aliphatic carbocycles. The number of methoxy groups -OCH3 is 1. The summed E-state index contributed by atoms with van der Waals surface area (Å²) in [7, 11) is 1.47. The van der Waals surface area contributed by atoms with E-state index in [1.165, 1.54) is 7.11 Å². The summed E-state index contributed by atoms with van der Waals surface area (Å²) in [6.07, 6.45) is 1.15. The van der Waals surface area contributed by atoms with E-state index in [0.29, 0.717) is 12.5 Å². The minimum Gasteiger partial charge on any atom is -0.434 e. The molecule has 4 heteroatoms. The molecule has 0 bridgehead atoms. The maximum atomic E-state index is 10.8. The second-order valence-corrected chi connectivity index (χ2v) is 2.93. The van der Waals surface area contributed by atoms with Crippen molar-refractivity contribution < 1.29 is 19.0 Å². The van der Waals surface area contributed by atoms with E-state index < -0.39 is 12.4 Å². The van der Waals surface area contributed by atoms with Crippen molar-refractivity contribution >= 4 is 6.16 Å². The second kappa shape index (κ2) is 4.30. The van der Waals surface area contributed by atoms with Gasteiger partial charge in [-0.1, -0.05) is 0 Å². The zero-order valence-electron chi connectivity index (χ0n) is 7.41. The standard InChI is InChI=1S/C8H14O4/c1-6(10-2)12-8(9)11-5-7-3-4-7/h6-7H,3-5H2,1-2H3. The summed E-state index contributed by atoms with van der Waals surface area (Å²) in [5, 5.41) is 0. The Hall–Kier alpha value is -0.770. The molecule has 1 atom stereocenters. The van der Waals surface area contributed by atoms with Crippen molar-refractivity contribution in [2.45, 2.75) is 26.1 Å². The maximum absolute atomic E-state index is 10.8. The van der Waals surface area contributed by atoms with Gasteiger partial charge in [-0.2, -0.15) is 0 Å². The van der Waals surface area contributed by atoms with Gasteiger partial charge in [0.25, 0.3) is 0 Å². The van der Waals surface area contributed by atoms with E-state index >= 15 is 0 Å². The molecule has 70 valence electrons. The van der Waals surface area contributed by atoms with Crippen LogP contribution in [0.15, 0.2) is 0 Å². The molecular weight excluding hydrogens is 160 g/mol. The number of ether oxygens (including phenoxy) is 3. The Bertz CT molecular complexity index is 153. The number of carbonyl (C=O) groups excluding carboxylic acids is 1. The highest BCUT2D eigenvalue weighted by molar-refractivity contribution is 5.59. The predicted octanol–water partition coefficient (Wildman–Crippen LogP) is 1.54. The van der Waals surface area contributed by atoms with Gasteiger partial charge in [0.1, 0.15) is 0 Å². The maximum Gasteiger partial charge on any atom is 0.510 e. The number of hydrogen-bond acceptors (Lipinski definition) is 4. The molecule has 0 saturated heterocycles. The lowest BCUT2D eigenvalue weighted by Gasteiger charge is -2.10. The predicted molar refractivity (Wildman–Crippen MR) is 41.6 cm³/mol. The van der Waals surface area contributed by atoms with Gasteiger partial charge >= 0.3 is 6.16 Å². The fourth-order valence-electron chi connectivity index (χ4n) is 0.688. The lowest BCUT2D eigenvalue weighted by Crippen LogP contribution is -2.18. The van der Waals surface area contributed by atoms with Crippen molar-refractivity contribution in [1.82, 2.24) is 0 Å². The molecule has 1 fully saturated rings. The summed E-state index contributed by atoms with van der Waals surface area (Å²) >= 11 is 0. The van der Waals surface area contributed by atoms with Crippen LogP contribution in [0.4, 0.5) is 4.79 Å². The van der Waals surface area contributed by atoms with E-state index in [2.05, 4.69) is 0 Å². The minimum atomic E-state index is -0.642. The van der Waals surface area contributed by atoms with E-state index in [9.17, 15) is 4.79 Å². The quantitative estimate of drug-likeness (QED) is 0.479. The van der Waals surface area contributed by atoms with Gasteiger partial charge in [0.15, 0.2) is 0 Å². The average Bonchev–Trinajstić information content (AvgIpc) is 2.83. The zero-order chi connectivity index (χ0) is 8.97. The van der Waals surface area contributed by atoms with Crippen LogP contribution < -0.4 is 0 Å². The largest absolute Gasteiger partial charge is 0.510 e. The molecule has 0 aromatic rings. The van der Waals surface area contributed by atoms with Gasteiger partial charge in [-0.25, -0.2) is 4.79 Å². The molecule has 1 rings (SSSR count). The molecule has 0 aromatic heterocycles. The van der Waals surface area contributed by atoms with Crippen LogP contribution in [0.1, 0.15) is 19.8 Å². The molecule has 0 aromatic carbocycles.